The lowest BCUT2D eigenvalue weighted by molar-refractivity contribution is -0.153. The van der Waals surface area contributed by atoms with Crippen molar-refractivity contribution in [3.63, 3.8) is 0 Å². The number of nitrogens with one attached hydrogen (secondary N) is 1. The predicted octanol–water partition coefficient (Wildman–Crippen LogP) is 4.37. The van der Waals surface area contributed by atoms with Crippen molar-refractivity contribution in [3.05, 3.63) is 65.7 Å². The normalized spacial score (nSPS) is 27.2. The van der Waals surface area contributed by atoms with Crippen LogP contribution in [0.1, 0.15) is 54.4 Å². The van der Waals surface area contributed by atoms with E-state index in [-0.39, 0.29) is 23.7 Å². The van der Waals surface area contributed by atoms with Crippen LogP contribution < -0.4 is 10.1 Å². The van der Waals surface area contributed by atoms with Crippen LogP contribution in [-0.4, -0.2) is 37.4 Å². The van der Waals surface area contributed by atoms with E-state index in [9.17, 15) is 14.4 Å². The predicted molar refractivity (Wildman–Crippen MR) is 131 cm³/mol. The highest BCUT2D eigenvalue weighted by molar-refractivity contribution is 5.98. The molecule has 0 aliphatic heterocycles. The molecule has 1 amide bonds. The maximum atomic E-state index is 13.6. The lowest BCUT2D eigenvalue weighted by atomic mass is 9.49. The minimum absolute atomic E-state index is 0.0176. The van der Waals surface area contributed by atoms with Crippen molar-refractivity contribution >= 4 is 17.7 Å². The number of benzene rings is 2. The molecule has 6 heteroatoms. The standard InChI is InChI=1S/C29H33NO5/c1-34-24-9-7-23(8-10-24)26(31)18-35-27(32)25(14-19-5-3-2-4-6-19)30-28(33)29-15-20-11-21(16-29)13-22(12-20)17-29/h2-10,20-22,25H,11-18H2,1H3,(H,30,33)/t20?,21?,22?,25-,29?/m0/s1. The van der Waals surface area contributed by atoms with Gasteiger partial charge in [0.25, 0.3) is 0 Å². The van der Waals surface area contributed by atoms with Crippen LogP contribution in [0.3, 0.4) is 0 Å². The Labute approximate surface area is 206 Å². The largest absolute Gasteiger partial charge is 0.497 e. The second-order valence-corrected chi connectivity index (χ2v) is 10.7. The van der Waals surface area contributed by atoms with Crippen LogP contribution in [0.4, 0.5) is 0 Å². The average molecular weight is 476 g/mol. The number of esters is 1. The van der Waals surface area contributed by atoms with Crippen molar-refractivity contribution in [2.24, 2.45) is 23.2 Å². The van der Waals surface area contributed by atoms with Crippen LogP contribution in [0.5, 0.6) is 5.75 Å². The van der Waals surface area contributed by atoms with Gasteiger partial charge >= 0.3 is 5.97 Å². The van der Waals surface area contributed by atoms with Gasteiger partial charge in [0.2, 0.25) is 5.91 Å². The summed E-state index contributed by atoms with van der Waals surface area (Å²) in [6, 6.07) is 15.4. The molecule has 0 aromatic heterocycles. The molecule has 6 rings (SSSR count). The van der Waals surface area contributed by atoms with Gasteiger partial charge in [0.1, 0.15) is 11.8 Å². The Hall–Kier alpha value is -3.15. The number of rotatable bonds is 9. The Morgan fingerprint density at radius 1 is 0.914 bits per heavy atom. The van der Waals surface area contributed by atoms with Crippen LogP contribution in [0.2, 0.25) is 0 Å². The van der Waals surface area contributed by atoms with Crippen molar-refractivity contribution in [2.45, 2.75) is 51.0 Å². The molecule has 1 N–H and O–H groups in total. The van der Waals surface area contributed by atoms with E-state index in [1.54, 1.807) is 31.4 Å². The van der Waals surface area contributed by atoms with Crippen molar-refractivity contribution < 1.29 is 23.9 Å². The molecule has 4 bridgehead atoms. The molecule has 2 aromatic carbocycles. The highest BCUT2D eigenvalue weighted by Gasteiger charge is 2.55. The number of hydrogen-bond donors (Lipinski definition) is 1. The van der Waals surface area contributed by atoms with Gasteiger partial charge in [-0.1, -0.05) is 30.3 Å². The summed E-state index contributed by atoms with van der Waals surface area (Å²) in [6.45, 7) is -0.371. The molecule has 2 aromatic rings. The third-order valence-electron chi connectivity index (χ3n) is 8.15. The summed E-state index contributed by atoms with van der Waals surface area (Å²) < 4.78 is 10.6. The van der Waals surface area contributed by atoms with E-state index in [0.29, 0.717) is 35.5 Å². The van der Waals surface area contributed by atoms with E-state index in [1.165, 1.54) is 19.3 Å². The van der Waals surface area contributed by atoms with Gasteiger partial charge in [-0.15, -0.1) is 0 Å². The van der Waals surface area contributed by atoms with Gasteiger partial charge in [-0.25, -0.2) is 4.79 Å². The second kappa shape index (κ2) is 9.84. The molecule has 0 unspecified atom stereocenters. The fourth-order valence-corrected chi connectivity index (χ4v) is 6.84. The SMILES string of the molecule is COc1ccc(C(=O)COC(=O)[C@H](Cc2ccccc2)NC(=O)C23CC4CC(CC(C4)C2)C3)cc1. The van der Waals surface area contributed by atoms with Gasteiger partial charge < -0.3 is 14.8 Å². The second-order valence-electron chi connectivity index (χ2n) is 10.7. The van der Waals surface area contributed by atoms with Crippen LogP contribution in [0, 0.1) is 23.2 Å². The van der Waals surface area contributed by atoms with Gasteiger partial charge in [0.05, 0.1) is 7.11 Å². The number of ether oxygens (including phenoxy) is 2. The summed E-state index contributed by atoms with van der Waals surface area (Å²) in [5.74, 6) is 1.65. The first-order valence-electron chi connectivity index (χ1n) is 12.6. The lowest BCUT2D eigenvalue weighted by Crippen LogP contribution is -2.56. The summed E-state index contributed by atoms with van der Waals surface area (Å²) in [6.07, 6.45) is 6.84. The van der Waals surface area contributed by atoms with E-state index < -0.39 is 12.0 Å². The zero-order chi connectivity index (χ0) is 24.4. The van der Waals surface area contributed by atoms with Crippen LogP contribution in [-0.2, 0) is 20.7 Å². The number of ketones is 1. The summed E-state index contributed by atoms with van der Waals surface area (Å²) >= 11 is 0. The third kappa shape index (κ3) is 5.12. The quantitative estimate of drug-likeness (QED) is 0.430. The first kappa shape index (κ1) is 23.6. The first-order chi connectivity index (χ1) is 16.9. The van der Waals surface area contributed by atoms with Gasteiger partial charge in [0.15, 0.2) is 12.4 Å². The molecule has 184 valence electrons. The minimum Gasteiger partial charge on any atom is -0.497 e. The van der Waals surface area contributed by atoms with E-state index in [1.807, 2.05) is 30.3 Å². The third-order valence-corrected chi connectivity index (χ3v) is 8.15. The molecular formula is C29H33NO5. The van der Waals surface area contributed by atoms with Gasteiger partial charge in [-0.2, -0.15) is 0 Å². The highest BCUT2D eigenvalue weighted by Crippen LogP contribution is 2.60. The Morgan fingerprint density at radius 2 is 1.51 bits per heavy atom. The molecule has 1 atom stereocenters. The fourth-order valence-electron chi connectivity index (χ4n) is 6.84. The van der Waals surface area contributed by atoms with E-state index in [2.05, 4.69) is 5.32 Å². The van der Waals surface area contributed by atoms with Gasteiger partial charge in [-0.3, -0.25) is 9.59 Å². The van der Waals surface area contributed by atoms with E-state index >= 15 is 0 Å². The number of amides is 1. The maximum absolute atomic E-state index is 13.6. The Bertz CT molecular complexity index is 1040. The zero-order valence-corrected chi connectivity index (χ0v) is 20.2. The number of Topliss-reactive ketones (excluding diaryl/α,β-unsaturated/α-hetero) is 1. The zero-order valence-electron chi connectivity index (χ0n) is 20.2. The molecule has 4 aliphatic rings. The molecule has 0 saturated heterocycles. The topological polar surface area (TPSA) is 81.7 Å². The summed E-state index contributed by atoms with van der Waals surface area (Å²) in [5, 5.41) is 3.06. The maximum Gasteiger partial charge on any atom is 0.329 e. The Balaban J connectivity index is 1.27. The van der Waals surface area contributed by atoms with E-state index in [0.717, 1.165) is 24.8 Å². The monoisotopic (exact) mass is 475 g/mol. The molecule has 0 heterocycles. The summed E-state index contributed by atoms with van der Waals surface area (Å²) in [7, 11) is 1.56. The molecule has 6 nitrogen and oxygen atoms in total. The first-order valence-corrected chi connectivity index (χ1v) is 12.6. The van der Waals surface area contributed by atoms with Crippen molar-refractivity contribution in [3.8, 4) is 5.75 Å². The van der Waals surface area contributed by atoms with Crippen LogP contribution in [0.25, 0.3) is 0 Å². The van der Waals surface area contributed by atoms with Crippen LogP contribution in [0.15, 0.2) is 54.6 Å². The molecular weight excluding hydrogens is 442 g/mol. The minimum atomic E-state index is -0.832. The van der Waals surface area contributed by atoms with Gasteiger partial charge in [-0.05, 0) is 86.1 Å². The highest BCUT2D eigenvalue weighted by atomic mass is 16.5. The molecule has 35 heavy (non-hydrogen) atoms. The number of carbonyl (C=O) groups excluding carboxylic acids is 3. The Kier molecular flexibility index (Phi) is 6.63. The molecule has 4 saturated carbocycles. The lowest BCUT2D eigenvalue weighted by Gasteiger charge is -2.55. The van der Waals surface area contributed by atoms with E-state index in [4.69, 9.17) is 9.47 Å². The smallest absolute Gasteiger partial charge is 0.329 e. The summed E-state index contributed by atoms with van der Waals surface area (Å²) in [4.78, 5) is 39.3. The molecule has 0 radical (unpaired) electrons. The Morgan fingerprint density at radius 3 is 2.09 bits per heavy atom. The van der Waals surface area contributed by atoms with Crippen molar-refractivity contribution in [1.29, 1.82) is 0 Å². The van der Waals surface area contributed by atoms with Crippen molar-refractivity contribution in [2.75, 3.05) is 13.7 Å². The number of methoxy groups -OCH3 is 1. The average Bonchev–Trinajstić information content (AvgIpc) is 2.86. The van der Waals surface area contributed by atoms with Crippen LogP contribution >= 0.6 is 0 Å². The number of hydrogen-bond acceptors (Lipinski definition) is 5. The molecule has 4 fully saturated rings. The molecule has 4 aliphatic carbocycles. The molecule has 0 spiro atoms. The van der Waals surface area contributed by atoms with Gasteiger partial charge in [0, 0.05) is 17.4 Å². The van der Waals surface area contributed by atoms with Crippen molar-refractivity contribution in [1.82, 2.24) is 5.32 Å². The summed E-state index contributed by atoms with van der Waals surface area (Å²) in [5.41, 5.74) is 1.01. The fraction of sp³-hybridized carbons (Fsp3) is 0.483. The number of carbonyl (C=O) groups is 3.